The Labute approximate surface area is 147 Å². The van der Waals surface area contributed by atoms with Gasteiger partial charge in [-0.3, -0.25) is 0 Å². The minimum absolute atomic E-state index is 0.00799. The fraction of sp³-hybridized carbons (Fsp3) is 0.235. The summed E-state index contributed by atoms with van der Waals surface area (Å²) in [4.78, 5) is -0.00799. The highest BCUT2D eigenvalue weighted by Crippen LogP contribution is 2.30. The van der Waals surface area contributed by atoms with Gasteiger partial charge in [-0.2, -0.15) is 9.57 Å². The van der Waals surface area contributed by atoms with E-state index in [0.717, 1.165) is 5.56 Å². The number of rotatable bonds is 7. The van der Waals surface area contributed by atoms with Gasteiger partial charge in [-0.15, -0.1) is 0 Å². The molecule has 24 heavy (non-hydrogen) atoms. The molecule has 0 unspecified atom stereocenters. The Balaban J connectivity index is 2.44. The number of ether oxygens (including phenoxy) is 1. The van der Waals surface area contributed by atoms with Crippen molar-refractivity contribution in [2.45, 2.75) is 17.9 Å². The van der Waals surface area contributed by atoms with E-state index in [1.807, 2.05) is 36.4 Å². The Kier molecular flexibility index (Phi) is 6.21. The molecule has 0 spiro atoms. The highest BCUT2D eigenvalue weighted by molar-refractivity contribution is 7.89. The molecule has 0 atom stereocenters. The topological polar surface area (TPSA) is 70.4 Å². The summed E-state index contributed by atoms with van der Waals surface area (Å²) in [5, 5.41) is 9.15. The van der Waals surface area contributed by atoms with E-state index in [4.69, 9.17) is 21.6 Å². The molecule has 0 bridgehead atoms. The maximum atomic E-state index is 13.1. The molecule has 0 N–H and O–H groups in total. The Morgan fingerprint density at radius 3 is 2.54 bits per heavy atom. The zero-order valence-corrected chi connectivity index (χ0v) is 14.7. The van der Waals surface area contributed by atoms with Crippen LogP contribution >= 0.6 is 11.6 Å². The lowest BCUT2D eigenvalue weighted by atomic mass is 10.2. The molecule has 0 heterocycles. The number of nitriles is 1. The van der Waals surface area contributed by atoms with Crippen molar-refractivity contribution in [1.29, 1.82) is 5.26 Å². The van der Waals surface area contributed by atoms with Gasteiger partial charge in [-0.1, -0.05) is 41.9 Å². The molecule has 2 aromatic carbocycles. The molecular formula is C17H17ClN2O3S. The van der Waals surface area contributed by atoms with Crippen LogP contribution in [0.5, 0.6) is 5.75 Å². The first-order valence-corrected chi connectivity index (χ1v) is 9.05. The van der Waals surface area contributed by atoms with Gasteiger partial charge >= 0.3 is 0 Å². The minimum atomic E-state index is -3.86. The monoisotopic (exact) mass is 364 g/mol. The van der Waals surface area contributed by atoms with Gasteiger partial charge in [-0.05, 0) is 23.8 Å². The van der Waals surface area contributed by atoms with Crippen LogP contribution in [0.15, 0.2) is 53.4 Å². The number of halogens is 1. The Hall–Kier alpha value is -2.07. The normalized spacial score (nSPS) is 11.2. The summed E-state index contributed by atoms with van der Waals surface area (Å²) < 4.78 is 32.5. The smallest absolute Gasteiger partial charge is 0.247 e. The van der Waals surface area contributed by atoms with E-state index < -0.39 is 10.0 Å². The molecule has 0 aliphatic rings. The molecule has 0 aliphatic heterocycles. The van der Waals surface area contributed by atoms with Gasteiger partial charge in [0.2, 0.25) is 10.0 Å². The number of hydrogen-bond acceptors (Lipinski definition) is 4. The first-order chi connectivity index (χ1) is 11.5. The van der Waals surface area contributed by atoms with Crippen LogP contribution in [-0.4, -0.2) is 26.4 Å². The van der Waals surface area contributed by atoms with Crippen molar-refractivity contribution < 1.29 is 13.2 Å². The van der Waals surface area contributed by atoms with Crippen LogP contribution in [0.1, 0.15) is 12.0 Å². The molecule has 0 radical (unpaired) electrons. The second-order valence-electron chi connectivity index (χ2n) is 5.03. The van der Waals surface area contributed by atoms with Gasteiger partial charge in [0, 0.05) is 24.5 Å². The average Bonchev–Trinajstić information content (AvgIpc) is 2.59. The molecular weight excluding hydrogens is 348 g/mol. The molecule has 0 aliphatic carbocycles. The molecule has 0 saturated carbocycles. The number of methoxy groups -OCH3 is 1. The third kappa shape index (κ3) is 4.26. The SMILES string of the molecule is COc1ccc(Cl)cc1S(=O)(=O)N(CCC#N)Cc1ccccc1. The van der Waals surface area contributed by atoms with Crippen LogP contribution in [0.2, 0.25) is 5.02 Å². The maximum Gasteiger partial charge on any atom is 0.247 e. The summed E-state index contributed by atoms with van der Waals surface area (Å²) in [6.07, 6.45) is 0.0922. The highest BCUT2D eigenvalue weighted by Gasteiger charge is 2.28. The van der Waals surface area contributed by atoms with E-state index in [2.05, 4.69) is 0 Å². The van der Waals surface area contributed by atoms with Crippen LogP contribution in [0.4, 0.5) is 0 Å². The molecule has 0 saturated heterocycles. The third-order valence-corrected chi connectivity index (χ3v) is 5.52. The highest BCUT2D eigenvalue weighted by atomic mass is 35.5. The van der Waals surface area contributed by atoms with Crippen LogP contribution < -0.4 is 4.74 Å². The van der Waals surface area contributed by atoms with E-state index in [1.54, 1.807) is 6.07 Å². The zero-order chi connectivity index (χ0) is 17.6. The first kappa shape index (κ1) is 18.3. The fourth-order valence-electron chi connectivity index (χ4n) is 2.24. The van der Waals surface area contributed by atoms with Crippen LogP contribution in [-0.2, 0) is 16.6 Å². The van der Waals surface area contributed by atoms with Crippen LogP contribution in [0, 0.1) is 11.3 Å². The van der Waals surface area contributed by atoms with Crippen molar-refractivity contribution in [3.63, 3.8) is 0 Å². The van der Waals surface area contributed by atoms with E-state index in [9.17, 15) is 8.42 Å². The predicted octanol–water partition coefficient (Wildman–Crippen LogP) is 3.45. The number of sulfonamides is 1. The quantitative estimate of drug-likeness (QED) is 0.754. The average molecular weight is 365 g/mol. The largest absolute Gasteiger partial charge is 0.495 e. The minimum Gasteiger partial charge on any atom is -0.495 e. The summed E-state index contributed by atoms with van der Waals surface area (Å²) in [6.45, 7) is 0.254. The lowest BCUT2D eigenvalue weighted by molar-refractivity contribution is 0.388. The number of nitrogens with zero attached hydrogens (tertiary/aromatic N) is 2. The van der Waals surface area contributed by atoms with Crippen molar-refractivity contribution in [2.75, 3.05) is 13.7 Å². The van der Waals surface area contributed by atoms with Crippen molar-refractivity contribution in [3.05, 3.63) is 59.1 Å². The summed E-state index contributed by atoms with van der Waals surface area (Å²) >= 11 is 5.96. The molecule has 0 aromatic heterocycles. The maximum absolute atomic E-state index is 13.1. The summed E-state index contributed by atoms with van der Waals surface area (Å²) in [5.41, 5.74) is 0.833. The van der Waals surface area contributed by atoms with Gasteiger partial charge in [-0.25, -0.2) is 8.42 Å². The van der Waals surface area contributed by atoms with E-state index in [0.29, 0.717) is 5.02 Å². The molecule has 126 valence electrons. The van der Waals surface area contributed by atoms with Crippen molar-refractivity contribution in [1.82, 2.24) is 4.31 Å². The van der Waals surface area contributed by atoms with Gasteiger partial charge in [0.1, 0.15) is 10.6 Å². The Bertz CT molecular complexity index is 833. The van der Waals surface area contributed by atoms with Gasteiger partial charge in [0.15, 0.2) is 0 Å². The van der Waals surface area contributed by atoms with Crippen LogP contribution in [0.3, 0.4) is 0 Å². The van der Waals surface area contributed by atoms with Gasteiger partial charge in [0.25, 0.3) is 0 Å². The first-order valence-electron chi connectivity index (χ1n) is 7.23. The molecule has 2 rings (SSSR count). The van der Waals surface area contributed by atoms with Crippen molar-refractivity contribution in [2.24, 2.45) is 0 Å². The number of benzene rings is 2. The van der Waals surface area contributed by atoms with E-state index in [-0.39, 0.29) is 30.2 Å². The van der Waals surface area contributed by atoms with E-state index in [1.165, 1.54) is 23.5 Å². The molecule has 0 fully saturated rings. The van der Waals surface area contributed by atoms with Crippen molar-refractivity contribution in [3.8, 4) is 11.8 Å². The second-order valence-corrected chi connectivity index (χ2v) is 7.37. The zero-order valence-electron chi connectivity index (χ0n) is 13.1. The Morgan fingerprint density at radius 2 is 1.92 bits per heavy atom. The molecule has 5 nitrogen and oxygen atoms in total. The lowest BCUT2D eigenvalue weighted by Gasteiger charge is -2.22. The van der Waals surface area contributed by atoms with E-state index >= 15 is 0 Å². The summed E-state index contributed by atoms with van der Waals surface area (Å²) in [6, 6.07) is 15.6. The lowest BCUT2D eigenvalue weighted by Crippen LogP contribution is -2.31. The van der Waals surface area contributed by atoms with Crippen LogP contribution in [0.25, 0.3) is 0 Å². The summed E-state index contributed by atoms with van der Waals surface area (Å²) in [5.74, 6) is 0.217. The fourth-order valence-corrected chi connectivity index (χ4v) is 4.08. The summed E-state index contributed by atoms with van der Waals surface area (Å²) in [7, 11) is -2.46. The van der Waals surface area contributed by atoms with Gasteiger partial charge in [0.05, 0.1) is 13.2 Å². The third-order valence-electron chi connectivity index (χ3n) is 3.42. The predicted molar refractivity (Wildman–Crippen MR) is 92.3 cm³/mol. The molecule has 0 amide bonds. The Morgan fingerprint density at radius 1 is 1.21 bits per heavy atom. The molecule has 7 heteroatoms. The standard InChI is InChI=1S/C17H17ClN2O3S/c1-23-16-9-8-15(18)12-17(16)24(21,22)20(11-5-10-19)13-14-6-3-2-4-7-14/h2-4,6-9,12H,5,11,13H2,1H3. The number of hydrogen-bond donors (Lipinski definition) is 0. The second kappa shape index (κ2) is 8.15. The van der Waals surface area contributed by atoms with Crippen molar-refractivity contribution >= 4 is 21.6 Å². The van der Waals surface area contributed by atoms with Gasteiger partial charge < -0.3 is 4.74 Å². The molecule has 2 aromatic rings.